The van der Waals surface area contributed by atoms with E-state index in [1.165, 1.54) is 0 Å². The highest BCUT2D eigenvalue weighted by atomic mass is 15.2. The van der Waals surface area contributed by atoms with Crippen LogP contribution in [-0.4, -0.2) is 22.2 Å². The fourth-order valence-corrected chi connectivity index (χ4v) is 2.01. The van der Waals surface area contributed by atoms with Gasteiger partial charge in [-0.15, -0.1) is 0 Å². The number of H-pyrrole nitrogens is 1. The smallest absolute Gasteiger partial charge is 0.181 e. The number of hydrogen-bond acceptors (Lipinski definition) is 3. The summed E-state index contributed by atoms with van der Waals surface area (Å²) >= 11 is 0. The number of aromatic amines is 1. The van der Waals surface area contributed by atoms with Crippen molar-refractivity contribution in [3.63, 3.8) is 0 Å². The average Bonchev–Trinajstić information content (AvgIpc) is 2.98. The lowest BCUT2D eigenvalue weighted by atomic mass is 10.1. The summed E-state index contributed by atoms with van der Waals surface area (Å²) < 4.78 is 0. The summed E-state index contributed by atoms with van der Waals surface area (Å²) in [6.45, 7) is 0. The zero-order valence-corrected chi connectivity index (χ0v) is 10.6. The average molecular weight is 250 g/mol. The van der Waals surface area contributed by atoms with Crippen LogP contribution in [0, 0.1) is 0 Å². The first kappa shape index (κ1) is 11.5. The number of nitrogens with one attached hydrogen (secondary N) is 2. The molecule has 0 fully saturated rings. The summed E-state index contributed by atoms with van der Waals surface area (Å²) in [5.41, 5.74) is 3.05. The van der Waals surface area contributed by atoms with E-state index in [0.29, 0.717) is 5.82 Å². The first-order chi connectivity index (χ1) is 9.38. The third-order valence-electron chi connectivity index (χ3n) is 2.97. The van der Waals surface area contributed by atoms with Crippen LogP contribution in [0.2, 0.25) is 0 Å². The minimum Gasteiger partial charge on any atom is -0.388 e. The molecule has 3 rings (SSSR count). The van der Waals surface area contributed by atoms with E-state index >= 15 is 0 Å². The Hall–Kier alpha value is -2.62. The predicted molar refractivity (Wildman–Crippen MR) is 76.8 cm³/mol. The summed E-state index contributed by atoms with van der Waals surface area (Å²) in [7, 11) is 1.90. The van der Waals surface area contributed by atoms with Crippen LogP contribution in [0.3, 0.4) is 0 Å². The summed E-state index contributed by atoms with van der Waals surface area (Å²) in [5.74, 6) is 1.48. The molecule has 94 valence electrons. The second-order valence-corrected chi connectivity index (χ2v) is 4.17. The summed E-state index contributed by atoms with van der Waals surface area (Å²) in [6.07, 6.45) is 0. The molecule has 0 aliphatic heterocycles. The highest BCUT2D eigenvalue weighted by Crippen LogP contribution is 2.26. The molecule has 0 unspecified atom stereocenters. The van der Waals surface area contributed by atoms with Gasteiger partial charge in [0.25, 0.3) is 0 Å². The van der Waals surface area contributed by atoms with E-state index in [2.05, 4.69) is 20.5 Å². The molecule has 4 heteroatoms. The van der Waals surface area contributed by atoms with Gasteiger partial charge in [0.05, 0.1) is 0 Å². The molecule has 4 nitrogen and oxygen atoms in total. The monoisotopic (exact) mass is 250 g/mol. The number of para-hydroxylation sites is 1. The van der Waals surface area contributed by atoms with Gasteiger partial charge in [-0.05, 0) is 12.1 Å². The molecule has 0 spiro atoms. The van der Waals surface area contributed by atoms with Gasteiger partial charge in [0.2, 0.25) is 0 Å². The van der Waals surface area contributed by atoms with E-state index in [4.69, 9.17) is 0 Å². The SMILES string of the molecule is CNc1ccccc1-c1nc(-c2ccccc2)n[nH]1. The van der Waals surface area contributed by atoms with Crippen LogP contribution in [0.4, 0.5) is 5.69 Å². The van der Waals surface area contributed by atoms with E-state index in [-0.39, 0.29) is 0 Å². The number of rotatable bonds is 3. The molecule has 0 radical (unpaired) electrons. The van der Waals surface area contributed by atoms with Crippen molar-refractivity contribution in [3.05, 3.63) is 54.6 Å². The van der Waals surface area contributed by atoms with E-state index in [1.54, 1.807) is 0 Å². The zero-order valence-electron chi connectivity index (χ0n) is 10.6. The third-order valence-corrected chi connectivity index (χ3v) is 2.97. The largest absolute Gasteiger partial charge is 0.388 e. The molecular formula is C15H14N4. The van der Waals surface area contributed by atoms with Crippen molar-refractivity contribution in [2.75, 3.05) is 12.4 Å². The van der Waals surface area contributed by atoms with E-state index < -0.39 is 0 Å². The lowest BCUT2D eigenvalue weighted by Gasteiger charge is -2.04. The van der Waals surface area contributed by atoms with Gasteiger partial charge in [-0.2, -0.15) is 5.10 Å². The van der Waals surface area contributed by atoms with Gasteiger partial charge < -0.3 is 5.32 Å². The molecule has 3 aromatic rings. The van der Waals surface area contributed by atoms with Gasteiger partial charge in [0, 0.05) is 23.9 Å². The highest BCUT2D eigenvalue weighted by Gasteiger charge is 2.09. The second-order valence-electron chi connectivity index (χ2n) is 4.17. The summed E-state index contributed by atoms with van der Waals surface area (Å²) in [6, 6.07) is 17.9. The maximum absolute atomic E-state index is 4.55. The fourth-order valence-electron chi connectivity index (χ4n) is 2.01. The van der Waals surface area contributed by atoms with Crippen LogP contribution in [-0.2, 0) is 0 Å². The number of anilines is 1. The zero-order chi connectivity index (χ0) is 13.1. The Kier molecular flexibility index (Phi) is 2.98. The third kappa shape index (κ3) is 2.20. The minimum atomic E-state index is 0.710. The normalized spacial score (nSPS) is 10.4. The second kappa shape index (κ2) is 4.94. The molecule has 2 aromatic carbocycles. The number of nitrogens with zero attached hydrogens (tertiary/aromatic N) is 2. The van der Waals surface area contributed by atoms with Crippen LogP contribution < -0.4 is 5.32 Å². The van der Waals surface area contributed by atoms with E-state index in [0.717, 1.165) is 22.6 Å². The molecule has 0 bridgehead atoms. The molecule has 1 aromatic heterocycles. The van der Waals surface area contributed by atoms with Crippen LogP contribution in [0.5, 0.6) is 0 Å². The van der Waals surface area contributed by atoms with Crippen molar-refractivity contribution in [1.29, 1.82) is 0 Å². The lowest BCUT2D eigenvalue weighted by molar-refractivity contribution is 1.10. The highest BCUT2D eigenvalue weighted by molar-refractivity contribution is 5.74. The summed E-state index contributed by atoms with van der Waals surface area (Å²) in [4.78, 5) is 4.55. The van der Waals surface area contributed by atoms with Crippen LogP contribution >= 0.6 is 0 Å². The van der Waals surface area contributed by atoms with Gasteiger partial charge in [-0.1, -0.05) is 42.5 Å². The Morgan fingerprint density at radius 3 is 2.47 bits per heavy atom. The molecule has 19 heavy (non-hydrogen) atoms. The van der Waals surface area contributed by atoms with Gasteiger partial charge in [0.15, 0.2) is 11.6 Å². The van der Waals surface area contributed by atoms with Gasteiger partial charge in [-0.25, -0.2) is 4.98 Å². The molecule has 1 heterocycles. The fraction of sp³-hybridized carbons (Fsp3) is 0.0667. The molecule has 0 saturated heterocycles. The molecule has 0 aliphatic carbocycles. The van der Waals surface area contributed by atoms with E-state index in [9.17, 15) is 0 Å². The molecule has 2 N–H and O–H groups in total. The number of aromatic nitrogens is 3. The molecule has 0 saturated carbocycles. The van der Waals surface area contributed by atoms with Crippen molar-refractivity contribution in [2.45, 2.75) is 0 Å². The first-order valence-corrected chi connectivity index (χ1v) is 6.13. The molecule has 0 aliphatic rings. The van der Waals surface area contributed by atoms with Gasteiger partial charge in [0.1, 0.15) is 0 Å². The number of hydrogen-bond donors (Lipinski definition) is 2. The van der Waals surface area contributed by atoms with Crippen LogP contribution in [0.1, 0.15) is 0 Å². The van der Waals surface area contributed by atoms with Crippen molar-refractivity contribution < 1.29 is 0 Å². The first-order valence-electron chi connectivity index (χ1n) is 6.13. The van der Waals surface area contributed by atoms with Gasteiger partial charge in [-0.3, -0.25) is 5.10 Å². The number of benzene rings is 2. The maximum atomic E-state index is 4.55. The van der Waals surface area contributed by atoms with Crippen molar-refractivity contribution >= 4 is 5.69 Å². The standard InChI is InChI=1S/C15H14N4/c1-16-13-10-6-5-9-12(13)15-17-14(18-19-15)11-7-3-2-4-8-11/h2-10,16H,1H3,(H,17,18,19). The van der Waals surface area contributed by atoms with Crippen LogP contribution in [0.25, 0.3) is 22.8 Å². The van der Waals surface area contributed by atoms with Gasteiger partial charge >= 0.3 is 0 Å². The quantitative estimate of drug-likeness (QED) is 0.750. The lowest BCUT2D eigenvalue weighted by Crippen LogP contribution is -1.92. The van der Waals surface area contributed by atoms with Crippen molar-refractivity contribution in [2.24, 2.45) is 0 Å². The maximum Gasteiger partial charge on any atom is 0.181 e. The Morgan fingerprint density at radius 1 is 0.947 bits per heavy atom. The van der Waals surface area contributed by atoms with Crippen LogP contribution in [0.15, 0.2) is 54.6 Å². The Labute approximate surface area is 111 Å². The topological polar surface area (TPSA) is 53.6 Å². The van der Waals surface area contributed by atoms with Crippen molar-refractivity contribution in [1.82, 2.24) is 15.2 Å². The minimum absolute atomic E-state index is 0.710. The molecule has 0 atom stereocenters. The van der Waals surface area contributed by atoms with Crippen molar-refractivity contribution in [3.8, 4) is 22.8 Å². The molecular weight excluding hydrogens is 236 g/mol. The predicted octanol–water partition coefficient (Wildman–Crippen LogP) is 3.18. The Morgan fingerprint density at radius 2 is 1.68 bits per heavy atom. The Bertz CT molecular complexity index is 673. The summed E-state index contributed by atoms with van der Waals surface area (Å²) in [5, 5.41) is 10.4. The molecule has 0 amide bonds. The van der Waals surface area contributed by atoms with E-state index in [1.807, 2.05) is 61.6 Å². The Balaban J connectivity index is 2.02.